The van der Waals surface area contributed by atoms with Crippen molar-refractivity contribution in [3.8, 4) is 0 Å². The lowest BCUT2D eigenvalue weighted by atomic mass is 10.3. The van der Waals surface area contributed by atoms with Gasteiger partial charge < -0.3 is 15.4 Å². The second-order valence-electron chi connectivity index (χ2n) is 4.51. The molecule has 1 saturated carbocycles. The smallest absolute Gasteiger partial charge is 0.0547 e. The number of aromatic nitrogens is 1. The van der Waals surface area contributed by atoms with Crippen molar-refractivity contribution in [1.29, 1.82) is 0 Å². The SMILES string of the molecule is CNc1cncc(NCCCOCC2CC2)c1. The van der Waals surface area contributed by atoms with E-state index in [1.807, 2.05) is 19.4 Å². The van der Waals surface area contributed by atoms with E-state index in [9.17, 15) is 0 Å². The van der Waals surface area contributed by atoms with Crippen LogP contribution in [0.5, 0.6) is 0 Å². The number of hydrogen-bond donors (Lipinski definition) is 2. The molecule has 94 valence electrons. The van der Waals surface area contributed by atoms with Crippen LogP contribution in [-0.2, 0) is 4.74 Å². The molecule has 17 heavy (non-hydrogen) atoms. The van der Waals surface area contributed by atoms with Crippen LogP contribution in [-0.4, -0.2) is 31.8 Å². The van der Waals surface area contributed by atoms with E-state index in [-0.39, 0.29) is 0 Å². The fourth-order valence-corrected chi connectivity index (χ4v) is 1.61. The molecule has 0 aromatic carbocycles. The third-order valence-corrected chi connectivity index (χ3v) is 2.87. The van der Waals surface area contributed by atoms with E-state index in [1.54, 1.807) is 0 Å². The first-order valence-corrected chi connectivity index (χ1v) is 6.33. The first kappa shape index (κ1) is 12.2. The largest absolute Gasteiger partial charge is 0.387 e. The topological polar surface area (TPSA) is 46.2 Å². The maximum atomic E-state index is 5.57. The van der Waals surface area contributed by atoms with E-state index < -0.39 is 0 Å². The highest BCUT2D eigenvalue weighted by molar-refractivity contribution is 5.53. The standard InChI is InChI=1S/C13H21N3O/c1-14-12-7-13(9-15-8-12)16-5-2-6-17-10-11-3-4-11/h7-9,11,14,16H,2-6,10H2,1H3. The van der Waals surface area contributed by atoms with Gasteiger partial charge in [-0.25, -0.2) is 0 Å². The molecule has 0 aliphatic heterocycles. The van der Waals surface area contributed by atoms with E-state index in [1.165, 1.54) is 12.8 Å². The highest BCUT2D eigenvalue weighted by Gasteiger charge is 2.20. The van der Waals surface area contributed by atoms with E-state index in [0.717, 1.165) is 43.5 Å². The number of nitrogens with one attached hydrogen (secondary N) is 2. The van der Waals surface area contributed by atoms with Crippen LogP contribution < -0.4 is 10.6 Å². The summed E-state index contributed by atoms with van der Waals surface area (Å²) in [5, 5.41) is 6.41. The summed E-state index contributed by atoms with van der Waals surface area (Å²) in [7, 11) is 1.90. The van der Waals surface area contributed by atoms with Gasteiger partial charge in [0.2, 0.25) is 0 Å². The molecule has 2 N–H and O–H groups in total. The fraction of sp³-hybridized carbons (Fsp3) is 0.615. The van der Waals surface area contributed by atoms with Gasteiger partial charge in [-0.05, 0) is 31.2 Å². The van der Waals surface area contributed by atoms with Crippen molar-refractivity contribution in [3.05, 3.63) is 18.5 Å². The molecule has 0 amide bonds. The second kappa shape index (κ2) is 6.45. The molecule has 0 unspecified atom stereocenters. The van der Waals surface area contributed by atoms with Gasteiger partial charge in [-0.2, -0.15) is 0 Å². The monoisotopic (exact) mass is 235 g/mol. The number of nitrogens with zero attached hydrogens (tertiary/aromatic N) is 1. The maximum absolute atomic E-state index is 5.57. The average molecular weight is 235 g/mol. The molecule has 2 rings (SSSR count). The number of rotatable bonds is 8. The summed E-state index contributed by atoms with van der Waals surface area (Å²) in [6, 6.07) is 2.05. The average Bonchev–Trinajstić information content (AvgIpc) is 3.18. The van der Waals surface area contributed by atoms with Crippen molar-refractivity contribution in [1.82, 2.24) is 4.98 Å². The predicted octanol–water partition coefficient (Wildman–Crippen LogP) is 2.35. The molecule has 0 radical (unpaired) electrons. The zero-order valence-corrected chi connectivity index (χ0v) is 10.4. The third kappa shape index (κ3) is 4.61. The molecule has 1 fully saturated rings. The molecule has 1 aromatic heterocycles. The first-order chi connectivity index (χ1) is 8.38. The molecule has 0 spiro atoms. The Labute approximate surface area is 103 Å². The Morgan fingerprint density at radius 2 is 2.18 bits per heavy atom. The van der Waals surface area contributed by atoms with Gasteiger partial charge in [-0.15, -0.1) is 0 Å². The van der Waals surface area contributed by atoms with Gasteiger partial charge >= 0.3 is 0 Å². The van der Waals surface area contributed by atoms with Crippen molar-refractivity contribution < 1.29 is 4.74 Å². The summed E-state index contributed by atoms with van der Waals surface area (Å²) in [6.07, 6.45) is 7.41. The molecule has 1 aromatic rings. The van der Waals surface area contributed by atoms with E-state index in [4.69, 9.17) is 4.74 Å². The molecule has 1 aliphatic carbocycles. The van der Waals surface area contributed by atoms with Crippen LogP contribution in [0.2, 0.25) is 0 Å². The van der Waals surface area contributed by atoms with Crippen molar-refractivity contribution in [2.75, 3.05) is 37.4 Å². The number of anilines is 2. The maximum Gasteiger partial charge on any atom is 0.0547 e. The Bertz CT molecular complexity index is 339. The Balaban J connectivity index is 1.56. The zero-order chi connectivity index (χ0) is 11.9. The van der Waals surface area contributed by atoms with Gasteiger partial charge in [0, 0.05) is 26.8 Å². The third-order valence-electron chi connectivity index (χ3n) is 2.87. The molecule has 1 aliphatic rings. The van der Waals surface area contributed by atoms with Gasteiger partial charge in [0.05, 0.1) is 23.8 Å². The summed E-state index contributed by atoms with van der Waals surface area (Å²) in [5.74, 6) is 0.861. The lowest BCUT2D eigenvalue weighted by molar-refractivity contribution is 0.124. The van der Waals surface area contributed by atoms with Gasteiger partial charge in [0.1, 0.15) is 0 Å². The fourth-order valence-electron chi connectivity index (χ4n) is 1.61. The van der Waals surface area contributed by atoms with Crippen LogP contribution in [0.3, 0.4) is 0 Å². The lowest BCUT2D eigenvalue weighted by Gasteiger charge is -2.08. The zero-order valence-electron chi connectivity index (χ0n) is 10.4. The Morgan fingerprint density at radius 3 is 2.94 bits per heavy atom. The second-order valence-corrected chi connectivity index (χ2v) is 4.51. The van der Waals surface area contributed by atoms with Crippen LogP contribution >= 0.6 is 0 Å². The Kier molecular flexibility index (Phi) is 4.62. The highest BCUT2D eigenvalue weighted by Crippen LogP contribution is 2.28. The van der Waals surface area contributed by atoms with E-state index >= 15 is 0 Å². The first-order valence-electron chi connectivity index (χ1n) is 6.33. The Hall–Kier alpha value is -1.29. The normalized spacial score (nSPS) is 14.6. The van der Waals surface area contributed by atoms with E-state index in [0.29, 0.717) is 0 Å². The molecular weight excluding hydrogens is 214 g/mol. The lowest BCUT2D eigenvalue weighted by Crippen LogP contribution is -2.07. The number of pyridine rings is 1. The highest BCUT2D eigenvalue weighted by atomic mass is 16.5. The molecule has 0 saturated heterocycles. The van der Waals surface area contributed by atoms with Gasteiger partial charge in [-0.1, -0.05) is 0 Å². The van der Waals surface area contributed by atoms with Gasteiger partial charge in [0.15, 0.2) is 0 Å². The minimum absolute atomic E-state index is 0.850. The molecule has 1 heterocycles. The van der Waals surface area contributed by atoms with Crippen LogP contribution in [0.15, 0.2) is 18.5 Å². The molecule has 4 heteroatoms. The van der Waals surface area contributed by atoms with Crippen molar-refractivity contribution in [2.45, 2.75) is 19.3 Å². The minimum Gasteiger partial charge on any atom is -0.387 e. The summed E-state index contributed by atoms with van der Waals surface area (Å²) in [6.45, 7) is 2.74. The van der Waals surface area contributed by atoms with Crippen LogP contribution in [0.4, 0.5) is 11.4 Å². The van der Waals surface area contributed by atoms with Crippen molar-refractivity contribution in [2.24, 2.45) is 5.92 Å². The Morgan fingerprint density at radius 1 is 1.35 bits per heavy atom. The van der Waals surface area contributed by atoms with Crippen molar-refractivity contribution in [3.63, 3.8) is 0 Å². The number of ether oxygens (including phenoxy) is 1. The minimum atomic E-state index is 0.850. The summed E-state index contributed by atoms with van der Waals surface area (Å²) in [5.41, 5.74) is 2.08. The van der Waals surface area contributed by atoms with Crippen molar-refractivity contribution >= 4 is 11.4 Å². The molecule has 0 atom stereocenters. The van der Waals surface area contributed by atoms with Gasteiger partial charge in [-0.3, -0.25) is 4.98 Å². The van der Waals surface area contributed by atoms with Crippen LogP contribution in [0.25, 0.3) is 0 Å². The summed E-state index contributed by atoms with van der Waals surface area (Å²) >= 11 is 0. The van der Waals surface area contributed by atoms with Crippen LogP contribution in [0.1, 0.15) is 19.3 Å². The summed E-state index contributed by atoms with van der Waals surface area (Å²) in [4.78, 5) is 4.15. The quantitative estimate of drug-likeness (QED) is 0.679. The molecular formula is C13H21N3O. The molecule has 4 nitrogen and oxygen atoms in total. The molecule has 0 bridgehead atoms. The predicted molar refractivity (Wildman–Crippen MR) is 70.4 cm³/mol. The van der Waals surface area contributed by atoms with E-state index in [2.05, 4.69) is 21.7 Å². The number of hydrogen-bond acceptors (Lipinski definition) is 4. The van der Waals surface area contributed by atoms with Gasteiger partial charge in [0.25, 0.3) is 0 Å². The summed E-state index contributed by atoms with van der Waals surface area (Å²) < 4.78 is 5.57. The van der Waals surface area contributed by atoms with Crippen LogP contribution in [0, 0.1) is 5.92 Å².